The van der Waals surface area contributed by atoms with E-state index in [0.717, 1.165) is 32.8 Å². The molecule has 16 heteroatoms. The van der Waals surface area contributed by atoms with Crippen molar-refractivity contribution in [3.8, 4) is 11.1 Å². The Morgan fingerprint density at radius 2 is 1.72 bits per heavy atom. The molecular formula is C42H41N5O9S2. The number of hydrogen-bond donors (Lipinski definition) is 4. The van der Waals surface area contributed by atoms with Crippen molar-refractivity contribution in [1.82, 2.24) is 14.5 Å². The van der Waals surface area contributed by atoms with E-state index in [1.54, 1.807) is 46.8 Å². The fourth-order valence-electron chi connectivity index (χ4n) is 8.27. The number of aliphatic hydroxyl groups excluding tert-OH is 1. The van der Waals surface area contributed by atoms with Crippen molar-refractivity contribution in [3.63, 3.8) is 0 Å². The first-order valence-corrected chi connectivity index (χ1v) is 21.4. The van der Waals surface area contributed by atoms with Crippen LogP contribution in [0.15, 0.2) is 94.7 Å². The van der Waals surface area contributed by atoms with E-state index in [-0.39, 0.29) is 66.6 Å². The van der Waals surface area contributed by atoms with Crippen LogP contribution in [0.4, 0.5) is 11.4 Å². The molecule has 8 rings (SSSR count). The number of benzene rings is 4. The normalized spacial score (nSPS) is 21.6. The number of sulfonamides is 1. The third-order valence-electron chi connectivity index (χ3n) is 11.1. The number of piperidine rings is 1. The Balaban J connectivity index is 0.895. The van der Waals surface area contributed by atoms with E-state index in [2.05, 4.69) is 16.0 Å². The summed E-state index contributed by atoms with van der Waals surface area (Å²) in [6.45, 7) is 2.04. The van der Waals surface area contributed by atoms with Gasteiger partial charge < -0.3 is 20.5 Å². The number of thioether (sulfide) groups is 1. The van der Waals surface area contributed by atoms with Crippen molar-refractivity contribution >= 4 is 62.7 Å². The average Bonchev–Trinajstić information content (AvgIpc) is 3.78. The van der Waals surface area contributed by atoms with Crippen LogP contribution >= 0.6 is 11.8 Å². The highest BCUT2D eigenvalue weighted by molar-refractivity contribution is 7.99. The summed E-state index contributed by atoms with van der Waals surface area (Å²) < 4.78 is 35.2. The molecule has 4 atom stereocenters. The predicted octanol–water partition coefficient (Wildman–Crippen LogP) is 4.35. The molecule has 4 N–H and O–H groups in total. The summed E-state index contributed by atoms with van der Waals surface area (Å²) in [7, 11) is -3.82. The number of carbonyl (C=O) groups excluding carboxylic acids is 5. The molecule has 58 heavy (non-hydrogen) atoms. The Hall–Kier alpha value is -5.39. The van der Waals surface area contributed by atoms with Gasteiger partial charge in [-0.05, 0) is 85.0 Å². The zero-order valence-corrected chi connectivity index (χ0v) is 33.1. The van der Waals surface area contributed by atoms with E-state index < -0.39 is 45.7 Å². The monoisotopic (exact) mass is 823 g/mol. The number of nitrogens with zero attached hydrogens (tertiary/aromatic N) is 2. The number of aliphatic hydroxyl groups is 1. The number of hydrogen-bond acceptors (Lipinski definition) is 11. The van der Waals surface area contributed by atoms with E-state index >= 15 is 0 Å². The maximum Gasteiger partial charge on any atom is 0.263 e. The van der Waals surface area contributed by atoms with Gasteiger partial charge in [-0.1, -0.05) is 42.0 Å². The van der Waals surface area contributed by atoms with Crippen molar-refractivity contribution in [2.24, 2.45) is 5.92 Å². The summed E-state index contributed by atoms with van der Waals surface area (Å²) in [5.74, 6) is -2.41. The third-order valence-corrected chi connectivity index (χ3v) is 14.0. The molecular weight excluding hydrogens is 783 g/mol. The van der Waals surface area contributed by atoms with Gasteiger partial charge in [0.15, 0.2) is 0 Å². The quantitative estimate of drug-likeness (QED) is 0.0903. The number of ether oxygens (including phenoxy) is 1. The number of fused-ring (bicyclic) bond motifs is 4. The van der Waals surface area contributed by atoms with Crippen LogP contribution in [-0.2, 0) is 29.1 Å². The summed E-state index contributed by atoms with van der Waals surface area (Å²) in [5, 5.41) is 18.7. The Morgan fingerprint density at radius 3 is 2.50 bits per heavy atom. The van der Waals surface area contributed by atoms with Crippen molar-refractivity contribution in [2.75, 3.05) is 42.8 Å². The van der Waals surface area contributed by atoms with E-state index in [1.807, 2.05) is 43.3 Å². The van der Waals surface area contributed by atoms with Crippen LogP contribution in [-0.4, -0.2) is 96.5 Å². The molecule has 4 heterocycles. The molecule has 4 aromatic rings. The van der Waals surface area contributed by atoms with E-state index in [4.69, 9.17) is 4.74 Å². The van der Waals surface area contributed by atoms with Crippen LogP contribution in [0.5, 0.6) is 0 Å². The lowest BCUT2D eigenvalue weighted by molar-refractivity contribution is -0.136. The van der Waals surface area contributed by atoms with Crippen LogP contribution in [0, 0.1) is 12.8 Å². The van der Waals surface area contributed by atoms with Crippen LogP contribution < -0.4 is 16.0 Å². The van der Waals surface area contributed by atoms with Gasteiger partial charge in [0.2, 0.25) is 27.7 Å². The maximum atomic E-state index is 14.0. The lowest BCUT2D eigenvalue weighted by Gasteiger charge is -2.39. The summed E-state index contributed by atoms with van der Waals surface area (Å²) in [6, 6.07) is 23.1. The first-order chi connectivity index (χ1) is 27.9. The molecule has 0 aromatic heterocycles. The summed E-state index contributed by atoms with van der Waals surface area (Å²) in [4.78, 5) is 65.2. The fourth-order valence-corrected chi connectivity index (χ4v) is 10.9. The SMILES string of the molecule is Cc1ccc(S(=O)(=O)N2CC[C@@H]3[C@H](CO)Nc4ccc(-c5cccc(NC(=O)COCCSc6cccc7c6C(=O)N(C6CCC(=O)NC6=O)C7=O)c5)cc4[C@@H]32)cc1. The number of carbonyl (C=O) groups is 5. The minimum absolute atomic E-state index is 0.0344. The Labute approximate surface area is 339 Å². The highest BCUT2D eigenvalue weighted by atomic mass is 32.2. The number of aryl methyl sites for hydroxylation is 1. The third kappa shape index (κ3) is 7.41. The number of amides is 5. The molecule has 5 amide bonds. The van der Waals surface area contributed by atoms with E-state index in [9.17, 15) is 37.5 Å². The number of nitrogens with one attached hydrogen (secondary N) is 3. The standard InChI is InChI=1S/C42H41N5O9S2/c1-24-8-11-28(12-9-24)58(54,55)46-17-16-29-33(22-48)44-32-13-10-26(21-31(32)39(29)46)25-4-2-5-27(20-25)43-37(50)23-56-18-19-57-35-7-3-6-30-38(35)42(53)47(41(30)52)34-14-15-36(49)45-40(34)51/h2-13,20-21,29,33-34,39,44,48H,14-19,22-23H2,1H3,(H,43,50)(H,45,49,51)/t29-,33+,34?,39-/m1/s1. The predicted molar refractivity (Wildman–Crippen MR) is 216 cm³/mol. The van der Waals surface area contributed by atoms with Crippen LogP contribution in [0.2, 0.25) is 0 Å². The second-order valence-corrected chi connectivity index (χ2v) is 17.7. The largest absolute Gasteiger partial charge is 0.394 e. The van der Waals surface area contributed by atoms with Crippen LogP contribution in [0.3, 0.4) is 0 Å². The lowest BCUT2D eigenvalue weighted by Crippen LogP contribution is -2.54. The van der Waals surface area contributed by atoms with Crippen LogP contribution in [0.25, 0.3) is 11.1 Å². The summed E-state index contributed by atoms with van der Waals surface area (Å²) >= 11 is 1.29. The zero-order valence-electron chi connectivity index (χ0n) is 31.5. The van der Waals surface area contributed by atoms with Gasteiger partial charge >= 0.3 is 0 Å². The topological polar surface area (TPSA) is 192 Å². The molecule has 4 aromatic carbocycles. The van der Waals surface area contributed by atoms with Crippen molar-refractivity contribution < 1.29 is 42.2 Å². The lowest BCUT2D eigenvalue weighted by atomic mass is 9.82. The molecule has 1 unspecified atom stereocenters. The average molecular weight is 824 g/mol. The van der Waals surface area contributed by atoms with Crippen molar-refractivity contribution in [3.05, 3.63) is 107 Å². The first-order valence-electron chi connectivity index (χ1n) is 19.0. The summed E-state index contributed by atoms with van der Waals surface area (Å²) in [5.41, 5.74) is 5.14. The number of rotatable bonds is 12. The minimum atomic E-state index is -3.82. The van der Waals surface area contributed by atoms with Gasteiger partial charge in [-0.15, -0.1) is 11.8 Å². The highest BCUT2D eigenvalue weighted by Gasteiger charge is 2.49. The smallest absolute Gasteiger partial charge is 0.263 e. The van der Waals surface area contributed by atoms with Gasteiger partial charge in [-0.25, -0.2) is 8.42 Å². The van der Waals surface area contributed by atoms with Crippen molar-refractivity contribution in [2.45, 2.75) is 54.1 Å². The first kappa shape index (κ1) is 39.4. The molecule has 14 nitrogen and oxygen atoms in total. The molecule has 0 aliphatic carbocycles. The van der Waals surface area contributed by atoms with E-state index in [0.29, 0.717) is 29.3 Å². The zero-order chi connectivity index (χ0) is 40.7. The molecule has 300 valence electrons. The fraction of sp³-hybridized carbons (Fsp3) is 0.310. The van der Waals surface area contributed by atoms with Crippen molar-refractivity contribution in [1.29, 1.82) is 0 Å². The molecule has 2 fully saturated rings. The minimum Gasteiger partial charge on any atom is -0.394 e. The molecule has 0 radical (unpaired) electrons. The van der Waals surface area contributed by atoms with Crippen LogP contribution in [0.1, 0.15) is 57.1 Å². The van der Waals surface area contributed by atoms with Gasteiger partial charge in [-0.3, -0.25) is 34.2 Å². The molecule has 0 spiro atoms. The van der Waals surface area contributed by atoms with Gasteiger partial charge in [-0.2, -0.15) is 4.31 Å². The summed E-state index contributed by atoms with van der Waals surface area (Å²) in [6.07, 6.45) is 0.701. The van der Waals surface area contributed by atoms with E-state index in [1.165, 1.54) is 17.8 Å². The maximum absolute atomic E-state index is 14.0. The Kier molecular flexibility index (Phi) is 10.9. The van der Waals surface area contributed by atoms with Gasteiger partial charge in [0, 0.05) is 40.9 Å². The number of anilines is 2. The van der Waals surface area contributed by atoms with Gasteiger partial charge in [0.25, 0.3) is 11.8 Å². The molecule has 0 bridgehead atoms. The second-order valence-electron chi connectivity index (χ2n) is 14.7. The highest BCUT2D eigenvalue weighted by Crippen LogP contribution is 2.49. The molecule has 2 saturated heterocycles. The second kappa shape index (κ2) is 16.1. The Morgan fingerprint density at radius 1 is 0.948 bits per heavy atom. The number of imide groups is 2. The van der Waals surface area contributed by atoms with Gasteiger partial charge in [0.05, 0.1) is 41.3 Å². The molecule has 0 saturated carbocycles. The molecule has 4 aliphatic rings. The molecule has 4 aliphatic heterocycles. The Bertz CT molecular complexity index is 2440. The van der Waals surface area contributed by atoms with Gasteiger partial charge in [0.1, 0.15) is 12.6 Å².